The number of aliphatic hydroxyl groups is 1. The lowest BCUT2D eigenvalue weighted by Crippen LogP contribution is -2.25. The highest BCUT2D eigenvalue weighted by atomic mass is 16.5. The Morgan fingerprint density at radius 2 is 1.81 bits per heavy atom. The molecule has 4 heteroatoms. The Hall–Kier alpha value is -2.33. The molecule has 1 atom stereocenters. The molecule has 1 heterocycles. The van der Waals surface area contributed by atoms with Crippen molar-refractivity contribution in [3.63, 3.8) is 0 Å². The van der Waals surface area contributed by atoms with Gasteiger partial charge in [-0.15, -0.1) is 0 Å². The van der Waals surface area contributed by atoms with Crippen LogP contribution in [-0.4, -0.2) is 27.4 Å². The number of aromatic nitrogens is 2. The molecule has 0 aliphatic heterocycles. The van der Waals surface area contributed by atoms with Gasteiger partial charge in [-0.25, -0.2) is 4.98 Å². The van der Waals surface area contributed by atoms with Crippen LogP contribution < -0.4 is 4.74 Å². The first kappa shape index (κ1) is 18.1. The summed E-state index contributed by atoms with van der Waals surface area (Å²) >= 11 is 0. The molecule has 1 saturated carbocycles. The predicted molar refractivity (Wildman–Crippen MR) is 108 cm³/mol. The number of rotatable bonds is 6. The fraction of sp³-hybridized carbons (Fsp3) is 0.435. The van der Waals surface area contributed by atoms with Gasteiger partial charge < -0.3 is 14.4 Å². The zero-order valence-corrected chi connectivity index (χ0v) is 16.0. The molecule has 1 aromatic heterocycles. The lowest BCUT2D eigenvalue weighted by molar-refractivity contribution is 0.0919. The SMILES string of the molecule is Cc1ccccc1OCC(O)Cn1c(C2CCCCC2)nc2ccccc21. The molecule has 1 aliphatic rings. The standard InChI is InChI=1S/C23H28N2O2/c1-17-9-5-8-14-22(17)27-16-19(26)15-25-21-13-7-6-12-20(21)24-23(25)18-10-3-2-4-11-18/h5-9,12-14,18-19,26H,2-4,10-11,15-16H2,1H3. The molecular weight excluding hydrogens is 336 g/mol. The van der Waals surface area contributed by atoms with E-state index in [1.54, 1.807) is 0 Å². The molecule has 1 N–H and O–H groups in total. The smallest absolute Gasteiger partial charge is 0.122 e. The summed E-state index contributed by atoms with van der Waals surface area (Å²) in [4.78, 5) is 4.93. The van der Waals surface area contributed by atoms with Gasteiger partial charge in [-0.3, -0.25) is 0 Å². The van der Waals surface area contributed by atoms with Crippen LogP contribution in [0.25, 0.3) is 11.0 Å². The topological polar surface area (TPSA) is 47.3 Å². The van der Waals surface area contributed by atoms with Crippen LogP contribution in [0.3, 0.4) is 0 Å². The summed E-state index contributed by atoms with van der Waals surface area (Å²) in [5.41, 5.74) is 3.21. The third-order valence-electron chi connectivity index (χ3n) is 5.57. The van der Waals surface area contributed by atoms with Crippen molar-refractivity contribution in [3.8, 4) is 5.75 Å². The number of fused-ring (bicyclic) bond motifs is 1. The van der Waals surface area contributed by atoms with Gasteiger partial charge in [0.1, 0.15) is 24.3 Å². The van der Waals surface area contributed by atoms with Crippen molar-refractivity contribution in [2.45, 2.75) is 57.6 Å². The highest BCUT2D eigenvalue weighted by molar-refractivity contribution is 5.76. The Morgan fingerprint density at radius 3 is 2.63 bits per heavy atom. The maximum absolute atomic E-state index is 10.7. The summed E-state index contributed by atoms with van der Waals surface area (Å²) < 4.78 is 8.08. The molecule has 0 amide bonds. The van der Waals surface area contributed by atoms with Gasteiger partial charge in [-0.1, -0.05) is 49.6 Å². The summed E-state index contributed by atoms with van der Waals surface area (Å²) in [6.07, 6.45) is 5.67. The molecule has 1 unspecified atom stereocenters. The van der Waals surface area contributed by atoms with E-state index in [4.69, 9.17) is 9.72 Å². The van der Waals surface area contributed by atoms with Crippen molar-refractivity contribution in [1.29, 1.82) is 0 Å². The highest BCUT2D eigenvalue weighted by Gasteiger charge is 2.23. The third-order valence-corrected chi connectivity index (χ3v) is 5.57. The molecule has 0 saturated heterocycles. The van der Waals surface area contributed by atoms with Crippen LogP contribution in [0.1, 0.15) is 49.4 Å². The number of aliphatic hydroxyl groups excluding tert-OH is 1. The molecule has 3 aromatic rings. The van der Waals surface area contributed by atoms with Crippen molar-refractivity contribution in [1.82, 2.24) is 9.55 Å². The van der Waals surface area contributed by atoms with Crippen LogP contribution in [0, 0.1) is 6.92 Å². The average Bonchev–Trinajstić information content (AvgIpc) is 3.06. The summed E-state index contributed by atoms with van der Waals surface area (Å²) in [5, 5.41) is 10.7. The minimum Gasteiger partial charge on any atom is -0.491 e. The largest absolute Gasteiger partial charge is 0.491 e. The van der Waals surface area contributed by atoms with Crippen LogP contribution in [0.5, 0.6) is 5.75 Å². The number of hydrogen-bond acceptors (Lipinski definition) is 3. The molecular formula is C23H28N2O2. The molecule has 0 radical (unpaired) electrons. The van der Waals surface area contributed by atoms with Gasteiger partial charge in [-0.2, -0.15) is 0 Å². The van der Waals surface area contributed by atoms with E-state index < -0.39 is 6.10 Å². The maximum atomic E-state index is 10.7. The summed E-state index contributed by atoms with van der Waals surface area (Å²) in [7, 11) is 0. The first-order valence-electron chi connectivity index (χ1n) is 10.0. The number of hydrogen-bond donors (Lipinski definition) is 1. The first-order chi connectivity index (χ1) is 13.2. The zero-order chi connectivity index (χ0) is 18.6. The molecule has 27 heavy (non-hydrogen) atoms. The van der Waals surface area contributed by atoms with E-state index in [9.17, 15) is 5.11 Å². The van der Waals surface area contributed by atoms with Crippen LogP contribution in [-0.2, 0) is 6.54 Å². The van der Waals surface area contributed by atoms with Gasteiger partial charge >= 0.3 is 0 Å². The Balaban J connectivity index is 1.54. The second kappa shape index (κ2) is 8.13. The summed E-state index contributed by atoms with van der Waals surface area (Å²) in [6, 6.07) is 16.2. The maximum Gasteiger partial charge on any atom is 0.122 e. The van der Waals surface area contributed by atoms with E-state index in [0.717, 1.165) is 28.2 Å². The van der Waals surface area contributed by atoms with Gasteiger partial charge in [0, 0.05) is 5.92 Å². The van der Waals surface area contributed by atoms with Crippen molar-refractivity contribution in [3.05, 3.63) is 59.9 Å². The second-order valence-corrected chi connectivity index (χ2v) is 7.63. The Morgan fingerprint density at radius 1 is 1.07 bits per heavy atom. The summed E-state index contributed by atoms with van der Waals surface area (Å²) in [5.74, 6) is 2.46. The van der Waals surface area contributed by atoms with E-state index in [-0.39, 0.29) is 6.61 Å². The number of aryl methyl sites for hydroxylation is 1. The van der Waals surface area contributed by atoms with Gasteiger partial charge in [-0.05, 0) is 43.5 Å². The van der Waals surface area contributed by atoms with Crippen LogP contribution in [0.15, 0.2) is 48.5 Å². The Labute approximate surface area is 160 Å². The number of imidazole rings is 1. The zero-order valence-electron chi connectivity index (χ0n) is 16.0. The number of para-hydroxylation sites is 3. The van der Waals surface area contributed by atoms with Crippen molar-refractivity contribution < 1.29 is 9.84 Å². The third kappa shape index (κ3) is 4.01. The lowest BCUT2D eigenvalue weighted by Gasteiger charge is -2.23. The van der Waals surface area contributed by atoms with E-state index in [2.05, 4.69) is 16.7 Å². The fourth-order valence-corrected chi connectivity index (χ4v) is 4.13. The van der Waals surface area contributed by atoms with E-state index in [1.165, 1.54) is 32.1 Å². The van der Waals surface area contributed by atoms with Crippen LogP contribution in [0.2, 0.25) is 0 Å². The van der Waals surface area contributed by atoms with E-state index >= 15 is 0 Å². The lowest BCUT2D eigenvalue weighted by atomic mass is 9.88. The van der Waals surface area contributed by atoms with Gasteiger partial charge in [0.25, 0.3) is 0 Å². The minimum atomic E-state index is -0.579. The molecule has 0 spiro atoms. The molecule has 1 fully saturated rings. The second-order valence-electron chi connectivity index (χ2n) is 7.63. The van der Waals surface area contributed by atoms with Crippen molar-refractivity contribution in [2.24, 2.45) is 0 Å². The number of ether oxygens (including phenoxy) is 1. The van der Waals surface area contributed by atoms with Gasteiger partial charge in [0.2, 0.25) is 0 Å². The predicted octanol–water partition coefficient (Wildman–Crippen LogP) is 4.83. The molecule has 142 valence electrons. The fourth-order valence-electron chi connectivity index (χ4n) is 4.13. The van der Waals surface area contributed by atoms with Crippen molar-refractivity contribution >= 4 is 11.0 Å². The molecule has 1 aliphatic carbocycles. The number of benzene rings is 2. The molecule has 4 nitrogen and oxygen atoms in total. The van der Waals surface area contributed by atoms with Gasteiger partial charge in [0.15, 0.2) is 0 Å². The van der Waals surface area contributed by atoms with E-state index in [0.29, 0.717) is 12.5 Å². The Kier molecular flexibility index (Phi) is 5.44. The van der Waals surface area contributed by atoms with E-state index in [1.807, 2.05) is 43.3 Å². The average molecular weight is 364 g/mol. The minimum absolute atomic E-state index is 0.279. The van der Waals surface area contributed by atoms with Crippen LogP contribution >= 0.6 is 0 Å². The van der Waals surface area contributed by atoms with Gasteiger partial charge in [0.05, 0.1) is 17.6 Å². The molecule has 0 bridgehead atoms. The Bertz CT molecular complexity index is 896. The monoisotopic (exact) mass is 364 g/mol. The van der Waals surface area contributed by atoms with Crippen molar-refractivity contribution in [2.75, 3.05) is 6.61 Å². The number of nitrogens with zero attached hydrogens (tertiary/aromatic N) is 2. The quantitative estimate of drug-likeness (QED) is 0.681. The normalized spacial score (nSPS) is 16.5. The highest BCUT2D eigenvalue weighted by Crippen LogP contribution is 2.34. The first-order valence-corrected chi connectivity index (χ1v) is 10.0. The summed E-state index contributed by atoms with van der Waals surface area (Å²) in [6.45, 7) is 2.81. The molecule has 4 rings (SSSR count). The van der Waals surface area contributed by atoms with Crippen LogP contribution in [0.4, 0.5) is 0 Å². The molecule has 2 aromatic carbocycles.